The summed E-state index contributed by atoms with van der Waals surface area (Å²) in [6.07, 6.45) is 4.54. The number of hydrogen-bond acceptors (Lipinski definition) is 4. The van der Waals surface area contributed by atoms with E-state index in [1.807, 2.05) is 91.0 Å². The van der Waals surface area contributed by atoms with Gasteiger partial charge in [0, 0.05) is 0 Å². The predicted molar refractivity (Wildman–Crippen MR) is 123 cm³/mol. The van der Waals surface area contributed by atoms with Crippen molar-refractivity contribution in [3.63, 3.8) is 0 Å². The summed E-state index contributed by atoms with van der Waals surface area (Å²) in [4.78, 5) is 0. The van der Waals surface area contributed by atoms with Crippen molar-refractivity contribution in [1.29, 1.82) is 0 Å². The van der Waals surface area contributed by atoms with Crippen LogP contribution in [0, 0.1) is 0 Å². The fraction of sp³-hybridized carbons (Fsp3) is 0.185. The molecule has 0 fully saturated rings. The minimum atomic E-state index is -0.361. The first kappa shape index (κ1) is 22.3. The lowest BCUT2D eigenvalue weighted by atomic mass is 10.1. The third kappa shape index (κ3) is 7.45. The van der Waals surface area contributed by atoms with Crippen LogP contribution in [-0.4, -0.2) is 19.3 Å². The average Bonchev–Trinajstić information content (AvgIpc) is 2.84. The summed E-state index contributed by atoms with van der Waals surface area (Å²) in [5.74, 6) is 1.49. The maximum Gasteiger partial charge on any atom is 0.126 e. The van der Waals surface area contributed by atoms with E-state index in [1.165, 1.54) is 0 Å². The summed E-state index contributed by atoms with van der Waals surface area (Å²) < 4.78 is 23.2. The molecule has 2 atom stereocenters. The molecule has 160 valence electrons. The van der Waals surface area contributed by atoms with Gasteiger partial charge in [-0.1, -0.05) is 66.7 Å². The fourth-order valence-electron chi connectivity index (χ4n) is 2.94. The van der Waals surface area contributed by atoms with Crippen LogP contribution in [0.4, 0.5) is 0 Å². The van der Waals surface area contributed by atoms with Gasteiger partial charge in [-0.25, -0.2) is 0 Å². The molecule has 3 aromatic carbocycles. The Morgan fingerprint density at radius 2 is 1.23 bits per heavy atom. The monoisotopic (exact) mass is 416 g/mol. The molecule has 0 amide bonds. The van der Waals surface area contributed by atoms with Gasteiger partial charge in [-0.05, 0) is 41.5 Å². The highest BCUT2D eigenvalue weighted by molar-refractivity contribution is 5.31. The molecule has 4 heteroatoms. The zero-order valence-electron chi connectivity index (χ0n) is 17.7. The number of rotatable bonds is 12. The molecule has 0 radical (unpaired) electrons. The molecular weight excluding hydrogens is 388 g/mol. The second kappa shape index (κ2) is 12.4. The number of hydrogen-bond donors (Lipinski definition) is 0. The largest absolute Gasteiger partial charge is 0.497 e. The van der Waals surface area contributed by atoms with Crippen LogP contribution in [0.3, 0.4) is 0 Å². The van der Waals surface area contributed by atoms with Gasteiger partial charge in [0.2, 0.25) is 0 Å². The highest BCUT2D eigenvalue weighted by Gasteiger charge is 2.18. The first-order valence-electron chi connectivity index (χ1n) is 10.2. The van der Waals surface area contributed by atoms with Gasteiger partial charge in [-0.15, -0.1) is 6.58 Å². The molecule has 0 saturated heterocycles. The van der Waals surface area contributed by atoms with Crippen LogP contribution < -0.4 is 9.47 Å². The van der Waals surface area contributed by atoms with Gasteiger partial charge in [0.15, 0.2) is 0 Å². The average molecular weight is 417 g/mol. The molecule has 0 aliphatic heterocycles. The Hall–Kier alpha value is -3.34. The van der Waals surface area contributed by atoms with E-state index in [2.05, 4.69) is 6.58 Å². The molecule has 0 aromatic heterocycles. The van der Waals surface area contributed by atoms with Crippen LogP contribution >= 0.6 is 0 Å². The van der Waals surface area contributed by atoms with E-state index < -0.39 is 0 Å². The maximum absolute atomic E-state index is 6.16. The molecule has 0 spiro atoms. The van der Waals surface area contributed by atoms with Crippen LogP contribution in [0.15, 0.2) is 110 Å². The van der Waals surface area contributed by atoms with E-state index in [-0.39, 0.29) is 12.2 Å². The van der Waals surface area contributed by atoms with Crippen LogP contribution in [0.2, 0.25) is 0 Å². The van der Waals surface area contributed by atoms with Crippen molar-refractivity contribution in [2.75, 3.05) is 7.11 Å². The van der Waals surface area contributed by atoms with Crippen molar-refractivity contribution in [3.8, 4) is 11.5 Å². The van der Waals surface area contributed by atoms with Gasteiger partial charge in [0.25, 0.3) is 0 Å². The lowest BCUT2D eigenvalue weighted by Crippen LogP contribution is -2.28. The summed E-state index contributed by atoms with van der Waals surface area (Å²) in [5, 5.41) is 0. The third-order valence-electron chi connectivity index (χ3n) is 4.66. The molecule has 0 saturated carbocycles. The molecule has 0 bridgehead atoms. The highest BCUT2D eigenvalue weighted by Crippen LogP contribution is 2.18. The molecular formula is C27H28O4. The molecule has 3 aromatic rings. The van der Waals surface area contributed by atoms with Crippen LogP contribution in [0.5, 0.6) is 11.5 Å². The SMILES string of the molecule is C=C[C@H](OCc1ccccc1)[C@@H](/C=C\Oc1ccc(OC)cc1)OCc1ccccc1. The van der Waals surface area contributed by atoms with Gasteiger partial charge in [0.1, 0.15) is 23.7 Å². The second-order valence-electron chi connectivity index (χ2n) is 6.88. The quantitative estimate of drug-likeness (QED) is 0.270. The second-order valence-corrected chi connectivity index (χ2v) is 6.88. The summed E-state index contributed by atoms with van der Waals surface area (Å²) in [7, 11) is 1.63. The van der Waals surface area contributed by atoms with Gasteiger partial charge in [0.05, 0.1) is 26.6 Å². The van der Waals surface area contributed by atoms with Crippen molar-refractivity contribution >= 4 is 0 Å². The summed E-state index contributed by atoms with van der Waals surface area (Å²) in [6.45, 7) is 4.86. The molecule has 0 unspecified atom stereocenters. The lowest BCUT2D eigenvalue weighted by molar-refractivity contribution is -0.0424. The summed E-state index contributed by atoms with van der Waals surface area (Å²) >= 11 is 0. The van der Waals surface area contributed by atoms with E-state index in [0.717, 1.165) is 16.9 Å². The van der Waals surface area contributed by atoms with Crippen LogP contribution in [0.1, 0.15) is 11.1 Å². The Labute approximate surface area is 184 Å². The Morgan fingerprint density at radius 3 is 1.74 bits per heavy atom. The Bertz CT molecular complexity index is 920. The first-order valence-corrected chi connectivity index (χ1v) is 10.2. The predicted octanol–water partition coefficient (Wildman–Crippen LogP) is 5.94. The minimum Gasteiger partial charge on any atom is -0.497 e. The fourth-order valence-corrected chi connectivity index (χ4v) is 2.94. The van der Waals surface area contributed by atoms with Crippen molar-refractivity contribution in [2.45, 2.75) is 25.4 Å². The lowest BCUT2D eigenvalue weighted by Gasteiger charge is -2.23. The van der Waals surface area contributed by atoms with E-state index in [9.17, 15) is 0 Å². The van der Waals surface area contributed by atoms with Gasteiger partial charge < -0.3 is 18.9 Å². The molecule has 0 aliphatic rings. The summed E-state index contributed by atoms with van der Waals surface area (Å²) in [6, 6.07) is 27.5. The van der Waals surface area contributed by atoms with E-state index >= 15 is 0 Å². The highest BCUT2D eigenvalue weighted by atomic mass is 16.5. The van der Waals surface area contributed by atoms with Crippen LogP contribution in [0.25, 0.3) is 0 Å². The van der Waals surface area contributed by atoms with Gasteiger partial charge in [-0.2, -0.15) is 0 Å². The molecule has 0 N–H and O–H groups in total. The zero-order valence-corrected chi connectivity index (χ0v) is 17.7. The Kier molecular flexibility index (Phi) is 8.92. The molecule has 4 nitrogen and oxygen atoms in total. The standard InChI is InChI=1S/C27H28O4/c1-3-26(30-20-22-10-6-4-7-11-22)27(31-21-23-12-8-5-9-13-23)18-19-29-25-16-14-24(28-2)15-17-25/h3-19,26-27H,1,20-21H2,2H3/b19-18-/t26-,27+/m0/s1. The normalized spacial score (nSPS) is 12.9. The summed E-state index contributed by atoms with van der Waals surface area (Å²) in [5.41, 5.74) is 2.18. The van der Waals surface area contributed by atoms with E-state index in [0.29, 0.717) is 19.0 Å². The molecule has 0 aliphatic carbocycles. The molecule has 0 heterocycles. The van der Waals surface area contributed by atoms with Crippen molar-refractivity contribution in [3.05, 3.63) is 121 Å². The number of ether oxygens (including phenoxy) is 4. The van der Waals surface area contributed by atoms with Crippen LogP contribution in [-0.2, 0) is 22.7 Å². The van der Waals surface area contributed by atoms with Gasteiger partial charge in [-0.3, -0.25) is 0 Å². The van der Waals surface area contributed by atoms with E-state index in [1.54, 1.807) is 19.4 Å². The van der Waals surface area contributed by atoms with E-state index in [4.69, 9.17) is 18.9 Å². The number of benzene rings is 3. The zero-order chi connectivity index (χ0) is 21.7. The first-order chi connectivity index (χ1) is 15.3. The van der Waals surface area contributed by atoms with Crippen molar-refractivity contribution in [2.24, 2.45) is 0 Å². The van der Waals surface area contributed by atoms with Crippen molar-refractivity contribution < 1.29 is 18.9 Å². The Balaban J connectivity index is 1.66. The molecule has 31 heavy (non-hydrogen) atoms. The molecule has 3 rings (SSSR count). The third-order valence-corrected chi connectivity index (χ3v) is 4.66. The topological polar surface area (TPSA) is 36.9 Å². The number of methoxy groups -OCH3 is 1. The Morgan fingerprint density at radius 1 is 0.710 bits per heavy atom. The maximum atomic E-state index is 6.16. The van der Waals surface area contributed by atoms with Gasteiger partial charge >= 0.3 is 0 Å². The van der Waals surface area contributed by atoms with Crippen molar-refractivity contribution in [1.82, 2.24) is 0 Å². The minimum absolute atomic E-state index is 0.334. The smallest absolute Gasteiger partial charge is 0.126 e.